The van der Waals surface area contributed by atoms with E-state index in [-0.39, 0.29) is 5.69 Å². The molecule has 6 heteroatoms. The van der Waals surface area contributed by atoms with Crippen LogP contribution in [0.2, 0.25) is 0 Å². The number of rotatable bonds is 5. The van der Waals surface area contributed by atoms with Crippen LogP contribution >= 0.6 is 0 Å². The van der Waals surface area contributed by atoms with Gasteiger partial charge in [-0.15, -0.1) is 0 Å². The van der Waals surface area contributed by atoms with Crippen molar-refractivity contribution in [1.29, 1.82) is 0 Å². The number of pyridine rings is 3. The lowest BCUT2D eigenvalue weighted by Crippen LogP contribution is -2.09. The van der Waals surface area contributed by atoms with E-state index in [9.17, 15) is 8.78 Å². The van der Waals surface area contributed by atoms with E-state index in [1.54, 1.807) is 12.3 Å². The quantitative estimate of drug-likeness (QED) is 0.655. The van der Waals surface area contributed by atoms with Gasteiger partial charge in [-0.2, -0.15) is 8.78 Å². The molecule has 3 heterocycles. The molecule has 0 spiro atoms. The van der Waals surface area contributed by atoms with Crippen LogP contribution in [0.25, 0.3) is 11.3 Å². The van der Waals surface area contributed by atoms with Crippen LogP contribution in [-0.4, -0.2) is 15.0 Å². The van der Waals surface area contributed by atoms with E-state index in [1.165, 1.54) is 18.3 Å². The third kappa shape index (κ3) is 3.96. The predicted octanol–water partition coefficient (Wildman–Crippen LogP) is 5.01. The van der Waals surface area contributed by atoms with Gasteiger partial charge in [-0.05, 0) is 42.8 Å². The number of halogens is 2. The molecule has 0 fully saturated rings. The summed E-state index contributed by atoms with van der Waals surface area (Å²) >= 11 is 0. The summed E-state index contributed by atoms with van der Waals surface area (Å²) in [5.74, 6) is -2.31. The fourth-order valence-corrected chi connectivity index (χ4v) is 2.31. The summed E-state index contributed by atoms with van der Waals surface area (Å²) in [5, 5.41) is 0. The Balaban J connectivity index is 1.91. The number of hydrogen-bond donors (Lipinski definition) is 0. The Hall–Kier alpha value is -2.89. The fraction of sp³-hybridized carbons (Fsp3) is 0.211. The average Bonchev–Trinajstić information content (AvgIpc) is 2.62. The van der Waals surface area contributed by atoms with Crippen LogP contribution in [0.5, 0.6) is 11.6 Å². The van der Waals surface area contributed by atoms with E-state index in [4.69, 9.17) is 4.74 Å². The van der Waals surface area contributed by atoms with E-state index in [0.717, 1.165) is 30.3 Å². The van der Waals surface area contributed by atoms with Gasteiger partial charge < -0.3 is 4.74 Å². The molecule has 0 saturated heterocycles. The predicted molar refractivity (Wildman–Crippen MR) is 90.7 cm³/mol. The molecule has 0 bridgehead atoms. The molecule has 0 aromatic carbocycles. The minimum absolute atomic E-state index is 0.307. The van der Waals surface area contributed by atoms with Crippen LogP contribution in [0.3, 0.4) is 0 Å². The molecule has 3 rings (SSSR count). The first kappa shape index (κ1) is 17.0. The summed E-state index contributed by atoms with van der Waals surface area (Å²) in [6.45, 7) is 2.84. The van der Waals surface area contributed by atoms with Gasteiger partial charge in [0.2, 0.25) is 5.88 Å². The number of hydrogen-bond acceptors (Lipinski definition) is 4. The lowest BCUT2D eigenvalue weighted by molar-refractivity contribution is 0.0127. The zero-order chi connectivity index (χ0) is 17.9. The van der Waals surface area contributed by atoms with Gasteiger partial charge in [-0.1, -0.05) is 13.0 Å². The summed E-state index contributed by atoms with van der Waals surface area (Å²) in [5.41, 5.74) is 2.12. The van der Waals surface area contributed by atoms with Crippen molar-refractivity contribution in [2.75, 3.05) is 0 Å². The van der Waals surface area contributed by atoms with Gasteiger partial charge in [0.25, 0.3) is 5.92 Å². The summed E-state index contributed by atoms with van der Waals surface area (Å²) in [4.78, 5) is 12.6. The smallest absolute Gasteiger partial charge is 0.286 e. The maximum atomic E-state index is 13.2. The van der Waals surface area contributed by atoms with Crippen molar-refractivity contribution in [3.63, 3.8) is 0 Å². The second-order valence-electron chi connectivity index (χ2n) is 5.59. The minimum atomic E-state index is -2.99. The van der Waals surface area contributed by atoms with E-state index in [1.807, 2.05) is 31.2 Å². The molecule has 3 aromatic heterocycles. The van der Waals surface area contributed by atoms with Crippen LogP contribution in [0.4, 0.5) is 8.78 Å². The van der Waals surface area contributed by atoms with Crippen LogP contribution in [-0.2, 0) is 12.3 Å². The summed E-state index contributed by atoms with van der Waals surface area (Å²) in [7, 11) is 0. The first-order valence-electron chi connectivity index (χ1n) is 7.91. The molecule has 128 valence electrons. The van der Waals surface area contributed by atoms with Crippen LogP contribution in [0.1, 0.15) is 25.2 Å². The van der Waals surface area contributed by atoms with Crippen LogP contribution in [0, 0.1) is 0 Å². The molecule has 0 aliphatic heterocycles. The third-order valence-corrected chi connectivity index (χ3v) is 3.62. The Kier molecular flexibility index (Phi) is 4.70. The first-order valence-corrected chi connectivity index (χ1v) is 7.91. The average molecular weight is 341 g/mol. The van der Waals surface area contributed by atoms with Gasteiger partial charge in [0.1, 0.15) is 11.4 Å². The van der Waals surface area contributed by atoms with Crippen molar-refractivity contribution in [3.8, 4) is 22.9 Å². The van der Waals surface area contributed by atoms with E-state index < -0.39 is 5.92 Å². The molecular weight excluding hydrogens is 324 g/mol. The Morgan fingerprint density at radius 1 is 1.04 bits per heavy atom. The molecular formula is C19H17F2N3O. The maximum absolute atomic E-state index is 13.2. The van der Waals surface area contributed by atoms with Gasteiger partial charge in [0.05, 0.1) is 17.5 Å². The lowest BCUT2D eigenvalue weighted by Gasteiger charge is -2.12. The van der Waals surface area contributed by atoms with Gasteiger partial charge in [0, 0.05) is 18.8 Å². The van der Waals surface area contributed by atoms with Gasteiger partial charge in [-0.25, -0.2) is 4.98 Å². The number of ether oxygens (including phenoxy) is 1. The normalized spacial score (nSPS) is 11.4. The Bertz CT molecular complexity index is 861. The summed E-state index contributed by atoms with van der Waals surface area (Å²) in [6.07, 6.45) is 3.69. The second-order valence-corrected chi connectivity index (χ2v) is 5.59. The zero-order valence-electron chi connectivity index (χ0n) is 13.9. The van der Waals surface area contributed by atoms with Gasteiger partial charge >= 0.3 is 0 Å². The number of aryl methyl sites for hydroxylation is 1. The molecule has 3 aromatic rings. The zero-order valence-corrected chi connectivity index (χ0v) is 13.9. The molecule has 0 unspecified atom stereocenters. The topological polar surface area (TPSA) is 47.9 Å². The molecule has 25 heavy (non-hydrogen) atoms. The Labute approximate surface area is 144 Å². The number of aromatic nitrogens is 3. The highest BCUT2D eigenvalue weighted by molar-refractivity contribution is 5.65. The van der Waals surface area contributed by atoms with Crippen molar-refractivity contribution >= 4 is 0 Å². The third-order valence-electron chi connectivity index (χ3n) is 3.62. The molecule has 0 radical (unpaired) electrons. The van der Waals surface area contributed by atoms with E-state index >= 15 is 0 Å². The Morgan fingerprint density at radius 2 is 1.88 bits per heavy atom. The van der Waals surface area contributed by atoms with Gasteiger partial charge in [-0.3, -0.25) is 9.97 Å². The number of nitrogens with zero attached hydrogens (tertiary/aromatic N) is 3. The van der Waals surface area contributed by atoms with E-state index in [2.05, 4.69) is 15.0 Å². The highest BCUT2D eigenvalue weighted by Gasteiger charge is 2.25. The van der Waals surface area contributed by atoms with E-state index in [0.29, 0.717) is 11.6 Å². The monoisotopic (exact) mass is 341 g/mol. The van der Waals surface area contributed by atoms with Crippen molar-refractivity contribution in [1.82, 2.24) is 15.0 Å². The molecule has 0 saturated carbocycles. The summed E-state index contributed by atoms with van der Waals surface area (Å²) in [6, 6.07) is 12.1. The largest absolute Gasteiger partial charge is 0.437 e. The minimum Gasteiger partial charge on any atom is -0.437 e. The molecule has 0 atom stereocenters. The highest BCUT2D eigenvalue weighted by atomic mass is 19.3. The first-order chi connectivity index (χ1) is 12.0. The van der Waals surface area contributed by atoms with Gasteiger partial charge in [0.15, 0.2) is 0 Å². The second kappa shape index (κ2) is 6.93. The maximum Gasteiger partial charge on any atom is 0.286 e. The lowest BCUT2D eigenvalue weighted by atomic mass is 10.1. The van der Waals surface area contributed by atoms with Crippen LogP contribution in [0.15, 0.2) is 54.9 Å². The molecule has 0 N–H and O–H groups in total. The van der Waals surface area contributed by atoms with Crippen LogP contribution < -0.4 is 4.74 Å². The molecule has 0 amide bonds. The SMILES string of the molecule is CCc1cccc(-c2cccnc2Oc2ccc(C(C)(F)F)nc2)n1. The highest BCUT2D eigenvalue weighted by Crippen LogP contribution is 2.31. The van der Waals surface area contributed by atoms with Crippen molar-refractivity contribution < 1.29 is 13.5 Å². The van der Waals surface area contributed by atoms with Crippen molar-refractivity contribution in [2.24, 2.45) is 0 Å². The molecule has 4 nitrogen and oxygen atoms in total. The molecule has 0 aliphatic rings. The standard InChI is InChI=1S/C19H17F2N3O/c1-3-13-6-4-8-16(24-13)15-7-5-11-22-18(15)25-14-9-10-17(23-12-14)19(2,20)21/h4-12H,3H2,1-2H3. The van der Waals surface area contributed by atoms with Crippen molar-refractivity contribution in [3.05, 3.63) is 66.2 Å². The fourth-order valence-electron chi connectivity index (χ4n) is 2.31. The number of alkyl halides is 2. The molecule has 0 aliphatic carbocycles. The Morgan fingerprint density at radius 3 is 2.56 bits per heavy atom. The van der Waals surface area contributed by atoms with Crippen molar-refractivity contribution in [2.45, 2.75) is 26.2 Å². The summed E-state index contributed by atoms with van der Waals surface area (Å²) < 4.78 is 32.2.